The number of hydrogen-bond acceptors (Lipinski definition) is 2. The number of carbonyl (C=O) groups excluding carboxylic acids is 1. The Morgan fingerprint density at radius 2 is 1.96 bits per heavy atom. The molecule has 3 aromatic rings. The first kappa shape index (κ1) is 14.7. The monoisotopic (exact) mass is 304 g/mol. The van der Waals surface area contributed by atoms with Crippen molar-refractivity contribution in [2.45, 2.75) is 0 Å². The zero-order chi connectivity index (χ0) is 16.1. The highest BCUT2D eigenvalue weighted by Crippen LogP contribution is 2.15. The fourth-order valence-electron chi connectivity index (χ4n) is 2.30. The summed E-state index contributed by atoms with van der Waals surface area (Å²) in [4.78, 5) is 15.2. The molecule has 4 heteroatoms. The molecule has 1 amide bonds. The number of aromatic amines is 1. The smallest absolute Gasteiger partial charge is 0.268 e. The molecule has 0 bridgehead atoms. The molecule has 23 heavy (non-hydrogen) atoms. The molecule has 1 heterocycles. The predicted octanol–water partition coefficient (Wildman–Crippen LogP) is 2.96. The molecule has 0 aliphatic carbocycles. The van der Waals surface area contributed by atoms with Crippen LogP contribution in [0.15, 0.2) is 54.6 Å². The Kier molecular flexibility index (Phi) is 4.30. The van der Waals surface area contributed by atoms with Gasteiger partial charge in [0, 0.05) is 10.9 Å². The molecular formula is C19H16N2O2. The Labute approximate surface area is 134 Å². The van der Waals surface area contributed by atoms with E-state index >= 15 is 0 Å². The second-order valence-corrected chi connectivity index (χ2v) is 4.96. The minimum Gasteiger partial charge on any atom is -0.495 e. The highest BCUT2D eigenvalue weighted by molar-refractivity contribution is 5.98. The van der Waals surface area contributed by atoms with E-state index in [9.17, 15) is 4.79 Å². The first-order valence-electron chi connectivity index (χ1n) is 7.26. The van der Waals surface area contributed by atoms with Crippen LogP contribution in [0.2, 0.25) is 0 Å². The number of hydrogen-bond donors (Lipinski definition) is 2. The quantitative estimate of drug-likeness (QED) is 0.731. The van der Waals surface area contributed by atoms with Gasteiger partial charge < -0.3 is 15.0 Å². The van der Waals surface area contributed by atoms with Gasteiger partial charge in [-0.1, -0.05) is 42.2 Å². The third-order valence-electron chi connectivity index (χ3n) is 3.44. The first-order chi connectivity index (χ1) is 11.3. The van der Waals surface area contributed by atoms with Gasteiger partial charge in [-0.15, -0.1) is 0 Å². The van der Waals surface area contributed by atoms with Crippen molar-refractivity contribution in [1.82, 2.24) is 10.3 Å². The highest BCUT2D eigenvalue weighted by Gasteiger charge is 2.07. The zero-order valence-corrected chi connectivity index (χ0v) is 12.7. The van der Waals surface area contributed by atoms with E-state index in [0.717, 1.165) is 22.2 Å². The summed E-state index contributed by atoms with van der Waals surface area (Å²) in [6, 6.07) is 17.1. The van der Waals surface area contributed by atoms with Crippen molar-refractivity contribution in [3.63, 3.8) is 0 Å². The Hall–Kier alpha value is -3.19. The Bertz CT molecular complexity index is 867. The highest BCUT2D eigenvalue weighted by atomic mass is 16.5. The average molecular weight is 304 g/mol. The summed E-state index contributed by atoms with van der Waals surface area (Å²) in [6.45, 7) is 0.270. The maximum absolute atomic E-state index is 12.1. The SMILES string of the molecule is COc1ccccc1C#CCNC(=O)c1cc2ccccc2[nH]1. The number of fused-ring (bicyclic) bond motifs is 1. The van der Waals surface area contributed by atoms with Crippen molar-refractivity contribution in [3.05, 3.63) is 65.9 Å². The van der Waals surface area contributed by atoms with E-state index in [1.807, 2.05) is 54.6 Å². The third-order valence-corrected chi connectivity index (χ3v) is 3.44. The summed E-state index contributed by atoms with van der Waals surface area (Å²) < 4.78 is 5.23. The van der Waals surface area contributed by atoms with Gasteiger partial charge in [0.05, 0.1) is 19.2 Å². The lowest BCUT2D eigenvalue weighted by Gasteiger charge is -2.01. The van der Waals surface area contributed by atoms with Gasteiger partial charge in [0.25, 0.3) is 5.91 Å². The van der Waals surface area contributed by atoms with Crippen LogP contribution in [0.4, 0.5) is 0 Å². The lowest BCUT2D eigenvalue weighted by molar-refractivity contribution is 0.0954. The van der Waals surface area contributed by atoms with Gasteiger partial charge in [-0.05, 0) is 24.3 Å². The number of rotatable bonds is 3. The average Bonchev–Trinajstić information content (AvgIpc) is 3.03. The standard InChI is InChI=1S/C19H16N2O2/c1-23-18-11-5-3-7-14(18)9-6-12-20-19(22)17-13-15-8-2-4-10-16(15)21-17/h2-5,7-8,10-11,13,21H,12H2,1H3,(H,20,22). The van der Waals surface area contributed by atoms with Gasteiger partial charge in [0.2, 0.25) is 0 Å². The second-order valence-electron chi connectivity index (χ2n) is 4.96. The second kappa shape index (κ2) is 6.71. The normalized spacial score (nSPS) is 9.96. The van der Waals surface area contributed by atoms with Crippen molar-refractivity contribution in [2.75, 3.05) is 13.7 Å². The van der Waals surface area contributed by atoms with Gasteiger partial charge >= 0.3 is 0 Å². The molecule has 3 rings (SSSR count). The molecule has 2 aromatic carbocycles. The van der Waals surface area contributed by atoms with Crippen LogP contribution in [-0.2, 0) is 0 Å². The van der Waals surface area contributed by atoms with Crippen molar-refractivity contribution in [2.24, 2.45) is 0 Å². The molecule has 0 radical (unpaired) electrons. The van der Waals surface area contributed by atoms with E-state index in [2.05, 4.69) is 22.1 Å². The fraction of sp³-hybridized carbons (Fsp3) is 0.105. The van der Waals surface area contributed by atoms with Crippen LogP contribution in [0.3, 0.4) is 0 Å². The van der Waals surface area contributed by atoms with Crippen LogP contribution in [0.25, 0.3) is 10.9 Å². The van der Waals surface area contributed by atoms with E-state index in [-0.39, 0.29) is 12.5 Å². The molecule has 4 nitrogen and oxygen atoms in total. The molecule has 0 atom stereocenters. The van der Waals surface area contributed by atoms with E-state index in [1.54, 1.807) is 7.11 Å². The largest absolute Gasteiger partial charge is 0.495 e. The van der Waals surface area contributed by atoms with Crippen LogP contribution < -0.4 is 10.1 Å². The van der Waals surface area contributed by atoms with E-state index < -0.39 is 0 Å². The van der Waals surface area contributed by atoms with E-state index in [1.165, 1.54) is 0 Å². The van der Waals surface area contributed by atoms with Crippen LogP contribution in [0.5, 0.6) is 5.75 Å². The summed E-state index contributed by atoms with van der Waals surface area (Å²) in [7, 11) is 1.61. The van der Waals surface area contributed by atoms with Crippen LogP contribution in [-0.4, -0.2) is 24.5 Å². The Morgan fingerprint density at radius 1 is 1.17 bits per heavy atom. The van der Waals surface area contributed by atoms with E-state index in [0.29, 0.717) is 5.69 Å². The number of amides is 1. The predicted molar refractivity (Wildman–Crippen MR) is 90.5 cm³/mol. The summed E-state index contributed by atoms with van der Waals surface area (Å²) >= 11 is 0. The number of benzene rings is 2. The Balaban J connectivity index is 1.65. The number of H-pyrrole nitrogens is 1. The lowest BCUT2D eigenvalue weighted by atomic mass is 10.2. The van der Waals surface area contributed by atoms with Crippen molar-refractivity contribution in [3.8, 4) is 17.6 Å². The van der Waals surface area contributed by atoms with E-state index in [4.69, 9.17) is 4.74 Å². The number of aromatic nitrogens is 1. The van der Waals surface area contributed by atoms with Gasteiger partial charge in [-0.25, -0.2) is 0 Å². The van der Waals surface area contributed by atoms with Gasteiger partial charge in [0.1, 0.15) is 11.4 Å². The molecule has 0 aliphatic rings. The molecule has 0 spiro atoms. The lowest BCUT2D eigenvalue weighted by Crippen LogP contribution is -2.23. The number of ether oxygens (including phenoxy) is 1. The number of carbonyl (C=O) groups is 1. The summed E-state index contributed by atoms with van der Waals surface area (Å²) in [5.74, 6) is 6.49. The summed E-state index contributed by atoms with van der Waals surface area (Å²) in [6.07, 6.45) is 0. The Morgan fingerprint density at radius 3 is 2.78 bits per heavy atom. The molecule has 0 fully saturated rings. The maximum Gasteiger partial charge on any atom is 0.268 e. The molecule has 2 N–H and O–H groups in total. The minimum atomic E-state index is -0.171. The molecular weight excluding hydrogens is 288 g/mol. The maximum atomic E-state index is 12.1. The van der Waals surface area contributed by atoms with Crippen molar-refractivity contribution < 1.29 is 9.53 Å². The topological polar surface area (TPSA) is 54.1 Å². The molecule has 0 aliphatic heterocycles. The van der Waals surface area contributed by atoms with Gasteiger partial charge in [0.15, 0.2) is 0 Å². The number of methoxy groups -OCH3 is 1. The summed E-state index contributed by atoms with van der Waals surface area (Å²) in [5, 5.41) is 3.79. The molecule has 0 saturated carbocycles. The number of nitrogens with one attached hydrogen (secondary N) is 2. The zero-order valence-electron chi connectivity index (χ0n) is 12.7. The number of para-hydroxylation sites is 2. The van der Waals surface area contributed by atoms with Crippen molar-refractivity contribution >= 4 is 16.8 Å². The third kappa shape index (κ3) is 3.35. The molecule has 114 valence electrons. The summed E-state index contributed by atoms with van der Waals surface area (Å²) in [5.41, 5.74) is 2.28. The van der Waals surface area contributed by atoms with Crippen LogP contribution in [0.1, 0.15) is 16.1 Å². The minimum absolute atomic E-state index is 0.171. The van der Waals surface area contributed by atoms with Gasteiger partial charge in [-0.2, -0.15) is 0 Å². The van der Waals surface area contributed by atoms with Gasteiger partial charge in [-0.3, -0.25) is 4.79 Å². The molecule has 0 unspecified atom stereocenters. The van der Waals surface area contributed by atoms with Crippen molar-refractivity contribution in [1.29, 1.82) is 0 Å². The fourth-order valence-corrected chi connectivity index (χ4v) is 2.30. The molecule has 0 saturated heterocycles. The van der Waals surface area contributed by atoms with Crippen LogP contribution in [0, 0.1) is 11.8 Å². The molecule has 1 aromatic heterocycles. The van der Waals surface area contributed by atoms with Crippen LogP contribution >= 0.6 is 0 Å². The first-order valence-corrected chi connectivity index (χ1v) is 7.26.